The Balaban J connectivity index is 1.71. The Kier molecular flexibility index (Phi) is 4.68. The number of fused-ring (bicyclic) bond motifs is 6. The fourth-order valence-electron chi connectivity index (χ4n) is 5.07. The van der Waals surface area contributed by atoms with E-state index in [4.69, 9.17) is 9.47 Å². The smallest absolute Gasteiger partial charge is 0.298 e. The van der Waals surface area contributed by atoms with Gasteiger partial charge in [0.15, 0.2) is 0 Å². The quantitative estimate of drug-likeness (QED) is 0.398. The van der Waals surface area contributed by atoms with Crippen molar-refractivity contribution < 1.29 is 14.3 Å². The van der Waals surface area contributed by atoms with Crippen molar-refractivity contribution >= 4 is 23.2 Å². The molecular weight excluding hydrogens is 464 g/mol. The van der Waals surface area contributed by atoms with Gasteiger partial charge in [-0.25, -0.2) is 0 Å². The Morgan fingerprint density at radius 1 is 0.806 bits per heavy atom. The minimum Gasteiger partial charge on any atom is -0.468 e. The molecule has 2 aliphatic rings. The average Bonchev–Trinajstić information content (AvgIpc) is 3.12. The number of H-pyrrole nitrogens is 2. The highest BCUT2D eigenvalue weighted by molar-refractivity contribution is 6.15. The zero-order valence-electron chi connectivity index (χ0n) is 19.3. The fourth-order valence-corrected chi connectivity index (χ4v) is 5.07. The number of benzene rings is 2. The summed E-state index contributed by atoms with van der Waals surface area (Å²) < 4.78 is 10.3. The number of carbonyl (C=O) groups excluding carboxylic acids is 1. The minimum absolute atomic E-state index is 0.0127. The van der Waals surface area contributed by atoms with E-state index in [1.165, 1.54) is 14.2 Å². The molecule has 11 nitrogen and oxygen atoms in total. The molecule has 0 radical (unpaired) electrons. The average molecular weight is 484 g/mol. The second-order valence-electron chi connectivity index (χ2n) is 8.37. The van der Waals surface area contributed by atoms with E-state index in [0.29, 0.717) is 11.3 Å². The molecule has 0 aliphatic carbocycles. The third kappa shape index (κ3) is 2.82. The fraction of sp³-hybridized carbons (Fsp3) is 0.160. The number of anilines is 3. The predicted molar refractivity (Wildman–Crippen MR) is 130 cm³/mol. The van der Waals surface area contributed by atoms with Crippen molar-refractivity contribution in [2.45, 2.75) is 12.0 Å². The molecule has 4 aromatic rings. The summed E-state index contributed by atoms with van der Waals surface area (Å²) in [5.74, 6) is -0.340. The molecule has 0 saturated carbocycles. The number of methoxy groups -OCH3 is 2. The number of carbonyl (C=O) groups is 1. The maximum atomic E-state index is 14.6. The highest BCUT2D eigenvalue weighted by atomic mass is 16.5. The van der Waals surface area contributed by atoms with Gasteiger partial charge in [0.1, 0.15) is 17.1 Å². The summed E-state index contributed by atoms with van der Waals surface area (Å²) in [7, 11) is 2.72. The first-order chi connectivity index (χ1) is 17.5. The Morgan fingerprint density at radius 3 is 1.94 bits per heavy atom. The van der Waals surface area contributed by atoms with Gasteiger partial charge >= 0.3 is 0 Å². The van der Waals surface area contributed by atoms with Crippen molar-refractivity contribution in [3.63, 3.8) is 0 Å². The van der Waals surface area contributed by atoms with Crippen molar-refractivity contribution in [3.05, 3.63) is 97.6 Å². The van der Waals surface area contributed by atoms with Gasteiger partial charge in [-0.15, -0.1) is 0 Å². The van der Waals surface area contributed by atoms with E-state index in [1.54, 1.807) is 29.2 Å². The number of hydrogen-bond acceptors (Lipinski definition) is 8. The summed E-state index contributed by atoms with van der Waals surface area (Å²) in [5.41, 5.74) is -1.12. The van der Waals surface area contributed by atoms with Crippen LogP contribution in [0.1, 0.15) is 22.3 Å². The van der Waals surface area contributed by atoms with Gasteiger partial charge in [0.25, 0.3) is 23.1 Å². The molecule has 36 heavy (non-hydrogen) atoms. The number of nitrogens with one attached hydrogen (secondary N) is 3. The Hall–Kier alpha value is -4.93. The van der Waals surface area contributed by atoms with Gasteiger partial charge in [0.05, 0.1) is 31.9 Å². The summed E-state index contributed by atoms with van der Waals surface area (Å²) >= 11 is 0. The van der Waals surface area contributed by atoms with Crippen LogP contribution in [0.25, 0.3) is 0 Å². The molecule has 6 rings (SSSR count). The largest absolute Gasteiger partial charge is 0.468 e. The lowest BCUT2D eigenvalue weighted by atomic mass is 9.69. The van der Waals surface area contributed by atoms with Gasteiger partial charge in [-0.1, -0.05) is 48.5 Å². The van der Waals surface area contributed by atoms with Gasteiger partial charge in [-0.05, 0) is 11.6 Å². The number of rotatable bonds is 4. The van der Waals surface area contributed by atoms with Crippen molar-refractivity contribution in [1.82, 2.24) is 19.9 Å². The summed E-state index contributed by atoms with van der Waals surface area (Å²) in [4.78, 5) is 57.0. The predicted octanol–water partition coefficient (Wildman–Crippen LogP) is 1.81. The summed E-state index contributed by atoms with van der Waals surface area (Å²) in [6.45, 7) is 0.236. The standard InChI is InChI=1S/C25H20N6O5/c1-35-23-27-18-16(20(32)29-23)25(17-19(26-18)28-24(36-2)30-21(17)33)14-10-6-7-11-15(14)31(22(25)34)12-13-8-4-3-5-9-13/h3-11H,12H2,1-2H3,(H3,26,27,28,29,30,32,33). The number of aromatic amines is 2. The van der Waals surface area contributed by atoms with E-state index in [1.807, 2.05) is 30.3 Å². The molecule has 11 heteroatoms. The van der Waals surface area contributed by atoms with Crippen LogP contribution < -0.4 is 30.8 Å². The van der Waals surface area contributed by atoms with E-state index in [-0.39, 0.29) is 41.3 Å². The molecule has 0 atom stereocenters. The molecule has 0 fully saturated rings. The molecule has 180 valence electrons. The van der Waals surface area contributed by atoms with E-state index < -0.39 is 22.4 Å². The molecule has 0 unspecified atom stereocenters. The second kappa shape index (κ2) is 7.80. The first-order valence-corrected chi connectivity index (χ1v) is 11.1. The van der Waals surface area contributed by atoms with E-state index in [9.17, 15) is 14.4 Å². The summed E-state index contributed by atoms with van der Waals surface area (Å²) in [6.07, 6.45) is 0. The van der Waals surface area contributed by atoms with Gasteiger partial charge in [-0.3, -0.25) is 24.4 Å². The molecule has 1 amide bonds. The van der Waals surface area contributed by atoms with Crippen molar-refractivity contribution in [2.24, 2.45) is 0 Å². The normalized spacial score (nSPS) is 14.6. The van der Waals surface area contributed by atoms with Crippen LogP contribution in [0.15, 0.2) is 64.2 Å². The number of ether oxygens (including phenoxy) is 2. The molecule has 2 aromatic heterocycles. The summed E-state index contributed by atoms with van der Waals surface area (Å²) in [6, 6.07) is 16.5. The van der Waals surface area contributed by atoms with Crippen molar-refractivity contribution in [3.8, 4) is 12.0 Å². The van der Waals surface area contributed by atoms with Crippen LogP contribution in [0.4, 0.5) is 17.3 Å². The SMILES string of the molecule is COc1nc2c(c(=O)[nH]1)C1(C(=O)N(Cc3ccccc3)c3ccccc31)c1c(nc(OC)[nH]c1=O)N2. The number of amides is 1. The van der Waals surface area contributed by atoms with Gasteiger partial charge in [-0.2, -0.15) is 9.97 Å². The van der Waals surface area contributed by atoms with Crippen LogP contribution in [-0.2, 0) is 16.8 Å². The number of para-hydroxylation sites is 1. The van der Waals surface area contributed by atoms with Crippen molar-refractivity contribution in [1.29, 1.82) is 0 Å². The second-order valence-corrected chi connectivity index (χ2v) is 8.37. The Morgan fingerprint density at radius 2 is 1.36 bits per heavy atom. The van der Waals surface area contributed by atoms with Gasteiger partial charge in [0.2, 0.25) is 5.91 Å². The van der Waals surface area contributed by atoms with E-state index >= 15 is 0 Å². The van der Waals surface area contributed by atoms with Crippen molar-refractivity contribution in [2.75, 3.05) is 24.4 Å². The molecule has 0 saturated heterocycles. The molecule has 4 heterocycles. The topological polar surface area (TPSA) is 142 Å². The molecule has 2 aromatic carbocycles. The molecule has 3 N–H and O–H groups in total. The highest BCUT2D eigenvalue weighted by Crippen LogP contribution is 2.54. The number of aromatic nitrogens is 4. The van der Waals surface area contributed by atoms with Crippen LogP contribution in [0.2, 0.25) is 0 Å². The lowest BCUT2D eigenvalue weighted by Crippen LogP contribution is -2.50. The summed E-state index contributed by atoms with van der Waals surface area (Å²) in [5, 5.41) is 2.95. The van der Waals surface area contributed by atoms with Crippen LogP contribution in [-0.4, -0.2) is 40.1 Å². The monoisotopic (exact) mass is 484 g/mol. The molecular formula is C25H20N6O5. The maximum absolute atomic E-state index is 14.6. The first kappa shape index (κ1) is 21.6. The highest BCUT2D eigenvalue weighted by Gasteiger charge is 2.60. The number of nitrogens with zero attached hydrogens (tertiary/aromatic N) is 3. The van der Waals surface area contributed by atoms with Crippen LogP contribution >= 0.6 is 0 Å². The molecule has 1 spiro atoms. The third-order valence-electron chi connectivity index (χ3n) is 6.52. The van der Waals surface area contributed by atoms with E-state index in [2.05, 4.69) is 25.3 Å². The van der Waals surface area contributed by atoms with Crippen LogP contribution in [0.3, 0.4) is 0 Å². The first-order valence-electron chi connectivity index (χ1n) is 11.1. The van der Waals surface area contributed by atoms with Crippen LogP contribution in [0.5, 0.6) is 12.0 Å². The van der Waals surface area contributed by atoms with Gasteiger partial charge in [0, 0.05) is 11.3 Å². The zero-order valence-corrected chi connectivity index (χ0v) is 19.3. The minimum atomic E-state index is -1.80. The molecule has 0 bridgehead atoms. The zero-order chi connectivity index (χ0) is 25.0. The van der Waals surface area contributed by atoms with Gasteiger partial charge < -0.3 is 19.7 Å². The van der Waals surface area contributed by atoms with E-state index in [0.717, 1.165) is 5.56 Å². The Labute approximate surface area is 203 Å². The Bertz CT molecular complexity index is 1580. The molecule has 2 aliphatic heterocycles. The third-order valence-corrected chi connectivity index (χ3v) is 6.52. The lowest BCUT2D eigenvalue weighted by Gasteiger charge is -2.34. The number of hydrogen-bond donors (Lipinski definition) is 3. The maximum Gasteiger partial charge on any atom is 0.298 e. The van der Waals surface area contributed by atoms with Crippen LogP contribution in [0, 0.1) is 0 Å². The lowest BCUT2D eigenvalue weighted by molar-refractivity contribution is -0.120.